The van der Waals surface area contributed by atoms with E-state index < -0.39 is 11.2 Å². The van der Waals surface area contributed by atoms with Gasteiger partial charge in [-0.1, -0.05) is 11.8 Å². The Morgan fingerprint density at radius 3 is 3.00 bits per heavy atom. The molecule has 1 amide bonds. The SMILES string of the molecule is C/C(=N/N=C1/NC(=O)[C@H](CC(=O)O)S1)c1ccc2c(c1)OCO2. The summed E-state index contributed by atoms with van der Waals surface area (Å²) in [5.74, 6) is -0.0659. The molecule has 1 fully saturated rings. The van der Waals surface area contributed by atoms with Gasteiger partial charge in [0.25, 0.3) is 0 Å². The zero-order valence-corrected chi connectivity index (χ0v) is 12.9. The third-order valence-corrected chi connectivity index (χ3v) is 4.29. The van der Waals surface area contributed by atoms with Crippen molar-refractivity contribution in [1.29, 1.82) is 0 Å². The van der Waals surface area contributed by atoms with Crippen molar-refractivity contribution in [3.05, 3.63) is 23.8 Å². The molecule has 0 aliphatic carbocycles. The van der Waals surface area contributed by atoms with Crippen LogP contribution in [0.3, 0.4) is 0 Å². The van der Waals surface area contributed by atoms with Gasteiger partial charge in [0.05, 0.1) is 12.1 Å². The van der Waals surface area contributed by atoms with E-state index in [-0.39, 0.29) is 19.1 Å². The van der Waals surface area contributed by atoms with Crippen molar-refractivity contribution in [3.63, 3.8) is 0 Å². The fourth-order valence-corrected chi connectivity index (χ4v) is 2.95. The Morgan fingerprint density at radius 1 is 1.43 bits per heavy atom. The number of rotatable bonds is 4. The number of benzene rings is 1. The molecule has 1 atom stereocenters. The van der Waals surface area contributed by atoms with E-state index in [1.165, 1.54) is 0 Å². The summed E-state index contributed by atoms with van der Waals surface area (Å²) < 4.78 is 10.5. The number of aliphatic carboxylic acids is 1. The Kier molecular flexibility index (Phi) is 4.20. The van der Waals surface area contributed by atoms with Crippen LogP contribution in [0.5, 0.6) is 11.5 Å². The van der Waals surface area contributed by atoms with E-state index in [1.807, 2.05) is 6.07 Å². The van der Waals surface area contributed by atoms with Gasteiger partial charge in [-0.25, -0.2) is 0 Å². The minimum absolute atomic E-state index is 0.199. The van der Waals surface area contributed by atoms with Gasteiger partial charge in [-0.15, -0.1) is 5.10 Å². The molecule has 2 aliphatic heterocycles. The molecular weight excluding hydrogens is 322 g/mol. The Hall–Kier alpha value is -2.55. The third-order valence-electron chi connectivity index (χ3n) is 3.22. The van der Waals surface area contributed by atoms with Crippen LogP contribution >= 0.6 is 11.8 Å². The maximum Gasteiger partial charge on any atom is 0.305 e. The van der Waals surface area contributed by atoms with Crippen molar-refractivity contribution in [1.82, 2.24) is 5.32 Å². The third kappa shape index (κ3) is 3.45. The molecule has 0 unspecified atom stereocenters. The van der Waals surface area contributed by atoms with Crippen LogP contribution in [0, 0.1) is 0 Å². The Labute approximate surface area is 135 Å². The lowest BCUT2D eigenvalue weighted by atomic mass is 10.1. The predicted octanol–water partition coefficient (Wildman–Crippen LogP) is 1.20. The highest BCUT2D eigenvalue weighted by atomic mass is 32.2. The van der Waals surface area contributed by atoms with E-state index in [0.29, 0.717) is 22.4 Å². The number of amidine groups is 1. The van der Waals surface area contributed by atoms with Crippen LogP contribution in [-0.4, -0.2) is 39.9 Å². The number of thioether (sulfide) groups is 1. The number of carbonyl (C=O) groups is 2. The number of ether oxygens (including phenoxy) is 2. The van der Waals surface area contributed by atoms with Gasteiger partial charge in [0, 0.05) is 5.56 Å². The van der Waals surface area contributed by atoms with Crippen LogP contribution in [0.4, 0.5) is 0 Å². The molecule has 1 aromatic rings. The summed E-state index contributed by atoms with van der Waals surface area (Å²) in [5, 5.41) is 18.9. The second kappa shape index (κ2) is 6.29. The number of hydrogen-bond donors (Lipinski definition) is 2. The zero-order chi connectivity index (χ0) is 16.4. The van der Waals surface area contributed by atoms with Crippen LogP contribution in [0.25, 0.3) is 0 Å². The lowest BCUT2D eigenvalue weighted by Gasteiger charge is -2.01. The largest absolute Gasteiger partial charge is 0.481 e. The minimum Gasteiger partial charge on any atom is -0.481 e. The number of carboxylic acid groups (broad SMARTS) is 1. The highest BCUT2D eigenvalue weighted by Crippen LogP contribution is 2.32. The van der Waals surface area contributed by atoms with E-state index in [4.69, 9.17) is 14.6 Å². The Morgan fingerprint density at radius 2 is 2.22 bits per heavy atom. The Bertz CT molecular complexity index is 731. The number of carbonyl (C=O) groups excluding carboxylic acids is 1. The summed E-state index contributed by atoms with van der Waals surface area (Å²) >= 11 is 1.06. The fraction of sp³-hybridized carbons (Fsp3) is 0.286. The molecule has 9 heteroatoms. The van der Waals surface area contributed by atoms with Crippen LogP contribution in [-0.2, 0) is 9.59 Å². The lowest BCUT2D eigenvalue weighted by Crippen LogP contribution is -2.26. The van der Waals surface area contributed by atoms with Crippen molar-refractivity contribution in [2.24, 2.45) is 10.2 Å². The predicted molar refractivity (Wildman–Crippen MR) is 84.0 cm³/mol. The van der Waals surface area contributed by atoms with E-state index in [1.54, 1.807) is 19.1 Å². The lowest BCUT2D eigenvalue weighted by molar-refractivity contribution is -0.138. The first-order chi connectivity index (χ1) is 11.0. The molecule has 0 radical (unpaired) electrons. The standard InChI is InChI=1S/C14H13N3O5S/c1-7(8-2-3-9-10(4-8)22-6-21-9)16-17-14-15-13(20)11(23-14)5-12(18)19/h2-4,11H,5-6H2,1H3,(H,18,19)(H,15,17,20)/b16-7-/t11-/m0/s1. The monoisotopic (exact) mass is 335 g/mol. The molecule has 2 aliphatic rings. The number of carboxylic acids is 1. The van der Waals surface area contributed by atoms with Gasteiger partial charge in [0.2, 0.25) is 12.7 Å². The normalized spacial score (nSPS) is 21.6. The highest BCUT2D eigenvalue weighted by Gasteiger charge is 2.32. The molecule has 1 aromatic carbocycles. The maximum atomic E-state index is 11.6. The number of nitrogens with one attached hydrogen (secondary N) is 1. The number of amides is 1. The number of fused-ring (bicyclic) bond motifs is 1. The first-order valence-corrected chi connectivity index (χ1v) is 7.62. The second-order valence-electron chi connectivity index (χ2n) is 4.85. The summed E-state index contributed by atoms with van der Waals surface area (Å²) in [4.78, 5) is 22.3. The smallest absolute Gasteiger partial charge is 0.305 e. The van der Waals surface area contributed by atoms with Crippen LogP contribution in [0.2, 0.25) is 0 Å². The van der Waals surface area contributed by atoms with Gasteiger partial charge in [-0.05, 0) is 25.1 Å². The van der Waals surface area contributed by atoms with Gasteiger partial charge in [0.1, 0.15) is 5.25 Å². The molecule has 0 spiro atoms. The fourth-order valence-electron chi connectivity index (χ4n) is 2.04. The van der Waals surface area contributed by atoms with Crippen LogP contribution in [0.1, 0.15) is 18.9 Å². The summed E-state index contributed by atoms with van der Waals surface area (Å²) in [6, 6.07) is 5.42. The second-order valence-corrected chi connectivity index (χ2v) is 6.04. The van der Waals surface area contributed by atoms with Crippen molar-refractivity contribution in [2.75, 3.05) is 6.79 Å². The summed E-state index contributed by atoms with van der Waals surface area (Å²) in [6.07, 6.45) is -0.250. The minimum atomic E-state index is -1.03. The molecule has 0 bridgehead atoms. The highest BCUT2D eigenvalue weighted by molar-refractivity contribution is 8.15. The number of hydrogen-bond acceptors (Lipinski definition) is 7. The molecule has 1 saturated heterocycles. The first-order valence-electron chi connectivity index (χ1n) is 6.74. The quantitative estimate of drug-likeness (QED) is 0.632. The van der Waals surface area contributed by atoms with Crippen molar-refractivity contribution in [3.8, 4) is 11.5 Å². The maximum absolute atomic E-state index is 11.6. The van der Waals surface area contributed by atoms with Crippen LogP contribution in [0.15, 0.2) is 28.4 Å². The molecule has 0 aromatic heterocycles. The van der Waals surface area contributed by atoms with Gasteiger partial charge in [-0.2, -0.15) is 5.10 Å². The molecule has 0 saturated carbocycles. The number of nitrogens with zero attached hydrogens (tertiary/aromatic N) is 2. The molecule has 8 nitrogen and oxygen atoms in total. The molecule has 2 N–H and O–H groups in total. The van der Waals surface area contributed by atoms with Gasteiger partial charge in [0.15, 0.2) is 16.7 Å². The topological polar surface area (TPSA) is 110 Å². The summed E-state index contributed by atoms with van der Waals surface area (Å²) in [7, 11) is 0. The molecule has 120 valence electrons. The molecule has 3 rings (SSSR count). The molecule has 2 heterocycles. The van der Waals surface area contributed by atoms with E-state index in [0.717, 1.165) is 17.3 Å². The van der Waals surface area contributed by atoms with E-state index in [2.05, 4.69) is 15.5 Å². The zero-order valence-electron chi connectivity index (χ0n) is 12.1. The van der Waals surface area contributed by atoms with Gasteiger partial charge < -0.3 is 19.9 Å². The van der Waals surface area contributed by atoms with Crippen molar-refractivity contribution in [2.45, 2.75) is 18.6 Å². The van der Waals surface area contributed by atoms with Gasteiger partial charge in [-0.3, -0.25) is 9.59 Å². The molecule has 23 heavy (non-hydrogen) atoms. The van der Waals surface area contributed by atoms with E-state index >= 15 is 0 Å². The summed E-state index contributed by atoms with van der Waals surface area (Å²) in [5.41, 5.74) is 1.45. The van der Waals surface area contributed by atoms with Crippen molar-refractivity contribution < 1.29 is 24.2 Å². The van der Waals surface area contributed by atoms with Crippen molar-refractivity contribution >= 4 is 34.5 Å². The summed E-state index contributed by atoms with van der Waals surface area (Å²) in [6.45, 7) is 1.97. The average Bonchev–Trinajstić information content (AvgIpc) is 3.10. The Balaban J connectivity index is 1.72. The average molecular weight is 335 g/mol. The molecular formula is C14H13N3O5S. The van der Waals surface area contributed by atoms with E-state index in [9.17, 15) is 9.59 Å². The van der Waals surface area contributed by atoms with Gasteiger partial charge >= 0.3 is 5.97 Å². The first kappa shape index (κ1) is 15.3. The van der Waals surface area contributed by atoms with Crippen LogP contribution < -0.4 is 14.8 Å².